The van der Waals surface area contributed by atoms with Crippen molar-refractivity contribution in [2.45, 2.75) is 51.9 Å². The number of nitrogens with one attached hydrogen (secondary N) is 1. The third-order valence-electron chi connectivity index (χ3n) is 3.64. The van der Waals surface area contributed by atoms with Crippen molar-refractivity contribution in [3.8, 4) is 0 Å². The van der Waals surface area contributed by atoms with Gasteiger partial charge in [0, 0.05) is 13.7 Å². The number of methoxy groups -OCH3 is 1. The normalized spacial score (nSPS) is 10.9. The molecule has 0 aromatic heterocycles. The van der Waals surface area contributed by atoms with Gasteiger partial charge in [0.1, 0.15) is 0 Å². The van der Waals surface area contributed by atoms with Crippen LogP contribution in [0.25, 0.3) is 0 Å². The number of hydrogen-bond donors (Lipinski definition) is 1. The number of ether oxygens (including phenoxy) is 1. The van der Waals surface area contributed by atoms with E-state index in [0.717, 1.165) is 19.7 Å². The lowest BCUT2D eigenvalue weighted by atomic mass is 10.0. The molecule has 1 N–H and O–H groups in total. The second kappa shape index (κ2) is 11.9. The van der Waals surface area contributed by atoms with Crippen molar-refractivity contribution in [2.75, 3.05) is 26.8 Å². The van der Waals surface area contributed by atoms with Crippen molar-refractivity contribution in [3.05, 3.63) is 35.4 Å². The zero-order chi connectivity index (χ0) is 14.5. The van der Waals surface area contributed by atoms with Gasteiger partial charge in [-0.25, -0.2) is 0 Å². The molecule has 1 aromatic carbocycles. The van der Waals surface area contributed by atoms with Crippen LogP contribution in [0, 0.1) is 0 Å². The van der Waals surface area contributed by atoms with Gasteiger partial charge in [0.2, 0.25) is 0 Å². The molecule has 0 spiro atoms. The molecule has 0 atom stereocenters. The third-order valence-corrected chi connectivity index (χ3v) is 3.64. The predicted octanol–water partition coefficient (Wildman–Crippen LogP) is 3.98. The fourth-order valence-corrected chi connectivity index (χ4v) is 2.31. The van der Waals surface area contributed by atoms with Gasteiger partial charge in [-0.3, -0.25) is 0 Å². The summed E-state index contributed by atoms with van der Waals surface area (Å²) in [6, 6.07) is 9.22. The van der Waals surface area contributed by atoms with Crippen molar-refractivity contribution in [2.24, 2.45) is 0 Å². The van der Waals surface area contributed by atoms with E-state index in [-0.39, 0.29) is 0 Å². The summed E-state index contributed by atoms with van der Waals surface area (Å²) in [6.45, 7) is 5.14. The van der Waals surface area contributed by atoms with Crippen molar-refractivity contribution in [1.82, 2.24) is 5.32 Å². The lowest BCUT2D eigenvalue weighted by molar-refractivity contribution is 0.199. The molecule has 2 nitrogen and oxygen atoms in total. The lowest BCUT2D eigenvalue weighted by Crippen LogP contribution is -2.20. The van der Waals surface area contributed by atoms with E-state index in [0.29, 0.717) is 0 Å². The Bertz CT molecular complexity index is 321. The first-order valence-electron chi connectivity index (χ1n) is 8.14. The van der Waals surface area contributed by atoms with Crippen LogP contribution in [0.3, 0.4) is 0 Å². The number of benzene rings is 1. The first kappa shape index (κ1) is 17.2. The van der Waals surface area contributed by atoms with E-state index in [1.807, 2.05) is 0 Å². The van der Waals surface area contributed by atoms with Crippen LogP contribution in [0.1, 0.15) is 50.2 Å². The van der Waals surface area contributed by atoms with Crippen molar-refractivity contribution < 1.29 is 4.74 Å². The molecular formula is C18H31NO. The minimum Gasteiger partial charge on any atom is -0.383 e. The summed E-state index contributed by atoms with van der Waals surface area (Å²) in [5.74, 6) is 0. The van der Waals surface area contributed by atoms with Crippen LogP contribution in [0.4, 0.5) is 0 Å². The molecule has 114 valence electrons. The van der Waals surface area contributed by atoms with Gasteiger partial charge in [-0.1, -0.05) is 44.0 Å². The molecule has 20 heavy (non-hydrogen) atoms. The van der Waals surface area contributed by atoms with E-state index in [2.05, 4.69) is 36.5 Å². The van der Waals surface area contributed by atoms with Gasteiger partial charge in [0.15, 0.2) is 0 Å². The number of unbranched alkanes of at least 4 members (excludes halogenated alkanes) is 3. The SMILES string of the molecule is CCCCc1ccc(CCCCCNCCOC)cc1. The highest BCUT2D eigenvalue weighted by atomic mass is 16.5. The fourth-order valence-electron chi connectivity index (χ4n) is 2.31. The molecule has 0 unspecified atom stereocenters. The Hall–Kier alpha value is -0.860. The molecule has 0 amide bonds. The van der Waals surface area contributed by atoms with E-state index in [1.165, 1.54) is 56.1 Å². The Balaban J connectivity index is 2.04. The highest BCUT2D eigenvalue weighted by Crippen LogP contribution is 2.10. The molecule has 2 heteroatoms. The second-order valence-electron chi connectivity index (χ2n) is 5.47. The number of rotatable bonds is 12. The Labute approximate surface area is 124 Å². The van der Waals surface area contributed by atoms with Crippen LogP contribution < -0.4 is 5.32 Å². The maximum Gasteiger partial charge on any atom is 0.0587 e. The van der Waals surface area contributed by atoms with E-state index in [1.54, 1.807) is 7.11 Å². The summed E-state index contributed by atoms with van der Waals surface area (Å²) in [6.07, 6.45) is 8.88. The van der Waals surface area contributed by atoms with Gasteiger partial charge in [0.05, 0.1) is 6.61 Å². The van der Waals surface area contributed by atoms with E-state index in [9.17, 15) is 0 Å². The van der Waals surface area contributed by atoms with Crippen molar-refractivity contribution in [3.63, 3.8) is 0 Å². The van der Waals surface area contributed by atoms with Crippen LogP contribution in [0.5, 0.6) is 0 Å². The minimum atomic E-state index is 0.810. The third kappa shape index (κ3) is 8.34. The molecule has 0 bridgehead atoms. The van der Waals surface area contributed by atoms with Gasteiger partial charge in [-0.15, -0.1) is 0 Å². The smallest absolute Gasteiger partial charge is 0.0587 e. The summed E-state index contributed by atoms with van der Waals surface area (Å²) in [4.78, 5) is 0. The molecule has 0 saturated carbocycles. The highest BCUT2D eigenvalue weighted by Gasteiger charge is 1.96. The Morgan fingerprint density at radius 1 is 0.850 bits per heavy atom. The zero-order valence-corrected chi connectivity index (χ0v) is 13.3. The Morgan fingerprint density at radius 2 is 1.50 bits per heavy atom. The quantitative estimate of drug-likeness (QED) is 0.584. The second-order valence-corrected chi connectivity index (χ2v) is 5.47. The molecule has 0 aliphatic rings. The molecule has 0 saturated heterocycles. The number of aryl methyl sites for hydroxylation is 2. The largest absolute Gasteiger partial charge is 0.383 e. The topological polar surface area (TPSA) is 21.3 Å². The monoisotopic (exact) mass is 277 g/mol. The Kier molecular flexibility index (Phi) is 10.3. The summed E-state index contributed by atoms with van der Waals surface area (Å²) in [7, 11) is 1.75. The predicted molar refractivity (Wildman–Crippen MR) is 87.4 cm³/mol. The van der Waals surface area contributed by atoms with Crippen LogP contribution >= 0.6 is 0 Å². The molecule has 1 rings (SSSR count). The summed E-state index contributed by atoms with van der Waals surface area (Å²) < 4.78 is 5.00. The zero-order valence-electron chi connectivity index (χ0n) is 13.3. The van der Waals surface area contributed by atoms with Gasteiger partial charge in [-0.2, -0.15) is 0 Å². The van der Waals surface area contributed by atoms with Crippen molar-refractivity contribution in [1.29, 1.82) is 0 Å². The first-order valence-corrected chi connectivity index (χ1v) is 8.14. The first-order chi connectivity index (χ1) is 9.86. The minimum absolute atomic E-state index is 0.810. The molecule has 0 aliphatic carbocycles. The van der Waals surface area contributed by atoms with Gasteiger partial charge in [-0.05, 0) is 49.8 Å². The molecular weight excluding hydrogens is 246 g/mol. The lowest BCUT2D eigenvalue weighted by Gasteiger charge is -2.05. The van der Waals surface area contributed by atoms with Crippen molar-refractivity contribution >= 4 is 0 Å². The molecule has 0 radical (unpaired) electrons. The maximum absolute atomic E-state index is 5.00. The molecule has 0 fully saturated rings. The molecule has 0 aliphatic heterocycles. The number of hydrogen-bond acceptors (Lipinski definition) is 2. The van der Waals surface area contributed by atoms with Crippen LogP contribution in [-0.2, 0) is 17.6 Å². The Morgan fingerprint density at radius 3 is 2.10 bits per heavy atom. The van der Waals surface area contributed by atoms with Crippen LogP contribution in [0.15, 0.2) is 24.3 Å². The van der Waals surface area contributed by atoms with E-state index < -0.39 is 0 Å². The molecule has 1 aromatic rings. The van der Waals surface area contributed by atoms with E-state index >= 15 is 0 Å². The standard InChI is InChI=1S/C18H31NO/c1-3-4-8-17-10-12-18(13-11-17)9-6-5-7-14-19-15-16-20-2/h10-13,19H,3-9,14-16H2,1-2H3. The van der Waals surface area contributed by atoms with Gasteiger partial charge < -0.3 is 10.1 Å². The van der Waals surface area contributed by atoms with Gasteiger partial charge in [0.25, 0.3) is 0 Å². The summed E-state index contributed by atoms with van der Waals surface area (Å²) in [5, 5.41) is 3.39. The average molecular weight is 277 g/mol. The average Bonchev–Trinajstić information content (AvgIpc) is 2.49. The molecule has 0 heterocycles. The van der Waals surface area contributed by atoms with Crippen LogP contribution in [0.2, 0.25) is 0 Å². The van der Waals surface area contributed by atoms with Gasteiger partial charge >= 0.3 is 0 Å². The summed E-state index contributed by atoms with van der Waals surface area (Å²) in [5.41, 5.74) is 2.97. The van der Waals surface area contributed by atoms with Crippen LogP contribution in [-0.4, -0.2) is 26.8 Å². The van der Waals surface area contributed by atoms with E-state index in [4.69, 9.17) is 4.74 Å². The maximum atomic E-state index is 5.00. The summed E-state index contributed by atoms with van der Waals surface area (Å²) >= 11 is 0. The highest BCUT2D eigenvalue weighted by molar-refractivity contribution is 5.22. The fraction of sp³-hybridized carbons (Fsp3) is 0.667.